The summed E-state index contributed by atoms with van der Waals surface area (Å²) in [6.45, 7) is 5.21. The maximum Gasteiger partial charge on any atom is 0.325 e. The Morgan fingerprint density at radius 3 is 2.37 bits per heavy atom. The summed E-state index contributed by atoms with van der Waals surface area (Å²) in [7, 11) is -3.62. The number of sulfonamides is 1. The minimum Gasteiger partial charge on any atom is -0.458 e. The van der Waals surface area contributed by atoms with Crippen molar-refractivity contribution in [2.75, 3.05) is 25.0 Å². The zero-order chi connectivity index (χ0) is 25.4. The number of fused-ring (bicyclic) bond motifs is 1. The standard InChI is InChI=1S/C24H26N4O6S/c1-4-27(5-2)35(32,33)18-12-10-17(11-13-18)25-21(29)15-28-22(30)24(3,26-23(28)31)20-14-16-8-6-7-9-19(16)34-20/h6-14H,4-5,15H2,1-3H3,(H,25,29)(H,26,31). The van der Waals surface area contributed by atoms with Crippen LogP contribution < -0.4 is 10.6 Å². The van der Waals surface area contributed by atoms with Crippen LogP contribution in [0.4, 0.5) is 10.5 Å². The van der Waals surface area contributed by atoms with Gasteiger partial charge in [0.05, 0.1) is 4.90 Å². The zero-order valence-electron chi connectivity index (χ0n) is 19.6. The van der Waals surface area contributed by atoms with Gasteiger partial charge in [-0.15, -0.1) is 0 Å². The molecule has 1 atom stereocenters. The van der Waals surface area contributed by atoms with Gasteiger partial charge in [0, 0.05) is 24.2 Å². The molecule has 3 aromatic rings. The van der Waals surface area contributed by atoms with E-state index < -0.39 is 40.0 Å². The monoisotopic (exact) mass is 498 g/mol. The molecule has 11 heteroatoms. The first kappa shape index (κ1) is 24.4. The highest BCUT2D eigenvalue weighted by Crippen LogP contribution is 2.33. The molecule has 35 heavy (non-hydrogen) atoms. The van der Waals surface area contributed by atoms with Crippen LogP contribution in [0.1, 0.15) is 26.5 Å². The van der Waals surface area contributed by atoms with Crippen LogP contribution in [0.5, 0.6) is 0 Å². The predicted octanol–water partition coefficient (Wildman–Crippen LogP) is 2.87. The Kier molecular flexibility index (Phi) is 6.39. The Balaban J connectivity index is 1.45. The molecule has 1 unspecified atom stereocenters. The van der Waals surface area contributed by atoms with Crippen LogP contribution >= 0.6 is 0 Å². The van der Waals surface area contributed by atoms with Crippen molar-refractivity contribution in [3.63, 3.8) is 0 Å². The topological polar surface area (TPSA) is 129 Å². The number of furan rings is 1. The number of imide groups is 1. The molecule has 184 valence electrons. The van der Waals surface area contributed by atoms with Gasteiger partial charge >= 0.3 is 6.03 Å². The van der Waals surface area contributed by atoms with E-state index in [0.29, 0.717) is 24.4 Å². The first-order chi connectivity index (χ1) is 16.6. The second-order valence-corrected chi connectivity index (χ2v) is 10.2. The average molecular weight is 499 g/mol. The Morgan fingerprint density at radius 2 is 1.74 bits per heavy atom. The molecule has 10 nitrogen and oxygen atoms in total. The van der Waals surface area contributed by atoms with E-state index in [1.54, 1.807) is 32.0 Å². The van der Waals surface area contributed by atoms with Crippen molar-refractivity contribution in [1.82, 2.24) is 14.5 Å². The van der Waals surface area contributed by atoms with Crippen LogP contribution in [-0.4, -0.2) is 55.1 Å². The van der Waals surface area contributed by atoms with Crippen molar-refractivity contribution in [2.45, 2.75) is 31.2 Å². The van der Waals surface area contributed by atoms with E-state index in [4.69, 9.17) is 4.42 Å². The fraction of sp³-hybridized carbons (Fsp3) is 0.292. The van der Waals surface area contributed by atoms with Gasteiger partial charge in [-0.2, -0.15) is 4.31 Å². The molecule has 2 heterocycles. The summed E-state index contributed by atoms with van der Waals surface area (Å²) in [6.07, 6.45) is 0. The zero-order valence-corrected chi connectivity index (χ0v) is 20.4. The SMILES string of the molecule is CCN(CC)S(=O)(=O)c1ccc(NC(=O)CN2C(=O)NC(C)(c3cc4ccccc4o3)C2=O)cc1. The Bertz CT molecular complexity index is 1360. The summed E-state index contributed by atoms with van der Waals surface area (Å²) in [4.78, 5) is 39.2. The van der Waals surface area contributed by atoms with Gasteiger partial charge in [0.25, 0.3) is 5.91 Å². The molecule has 0 spiro atoms. The largest absolute Gasteiger partial charge is 0.458 e. The minimum absolute atomic E-state index is 0.106. The molecule has 1 fully saturated rings. The van der Waals surface area contributed by atoms with Crippen molar-refractivity contribution in [1.29, 1.82) is 0 Å². The van der Waals surface area contributed by atoms with Crippen LogP contribution in [0.2, 0.25) is 0 Å². The summed E-state index contributed by atoms with van der Waals surface area (Å²) < 4.78 is 32.3. The third-order valence-corrected chi connectivity index (χ3v) is 8.04. The number of hydrogen-bond donors (Lipinski definition) is 2. The molecule has 0 radical (unpaired) electrons. The lowest BCUT2D eigenvalue weighted by Gasteiger charge is -2.19. The minimum atomic E-state index is -3.62. The van der Waals surface area contributed by atoms with Gasteiger partial charge in [0.1, 0.15) is 17.9 Å². The van der Waals surface area contributed by atoms with Crippen LogP contribution in [0.25, 0.3) is 11.0 Å². The summed E-state index contributed by atoms with van der Waals surface area (Å²) >= 11 is 0. The molecule has 0 bridgehead atoms. The van der Waals surface area contributed by atoms with Crippen molar-refractivity contribution in [3.8, 4) is 0 Å². The van der Waals surface area contributed by atoms with Crippen molar-refractivity contribution in [3.05, 3.63) is 60.4 Å². The molecule has 2 N–H and O–H groups in total. The van der Waals surface area contributed by atoms with Crippen molar-refractivity contribution >= 4 is 44.5 Å². The molecule has 0 aliphatic carbocycles. The third kappa shape index (κ3) is 4.40. The van der Waals surface area contributed by atoms with Crippen LogP contribution in [0.15, 0.2) is 63.9 Å². The highest BCUT2D eigenvalue weighted by atomic mass is 32.2. The first-order valence-corrected chi connectivity index (χ1v) is 12.6. The smallest absolute Gasteiger partial charge is 0.325 e. The van der Waals surface area contributed by atoms with Gasteiger partial charge in [0.2, 0.25) is 15.9 Å². The molecular weight excluding hydrogens is 472 g/mol. The summed E-state index contributed by atoms with van der Waals surface area (Å²) in [5, 5.41) is 5.99. The van der Waals surface area contributed by atoms with E-state index in [9.17, 15) is 22.8 Å². The number of anilines is 1. The second kappa shape index (κ2) is 9.16. The molecular formula is C24H26N4O6S. The van der Waals surface area contributed by atoms with Crippen molar-refractivity contribution < 1.29 is 27.2 Å². The van der Waals surface area contributed by atoms with Crippen LogP contribution in [0.3, 0.4) is 0 Å². The molecule has 2 aromatic carbocycles. The van der Waals surface area contributed by atoms with E-state index >= 15 is 0 Å². The number of para-hydroxylation sites is 1. The van der Waals surface area contributed by atoms with Gasteiger partial charge in [-0.3, -0.25) is 14.5 Å². The number of carbonyl (C=O) groups excluding carboxylic acids is 3. The van der Waals surface area contributed by atoms with E-state index in [0.717, 1.165) is 10.3 Å². The number of nitrogens with one attached hydrogen (secondary N) is 2. The average Bonchev–Trinajstić information content (AvgIpc) is 3.36. The third-order valence-electron chi connectivity index (χ3n) is 5.98. The molecule has 1 saturated heterocycles. The quantitative estimate of drug-likeness (QED) is 0.460. The summed E-state index contributed by atoms with van der Waals surface area (Å²) in [5.74, 6) is -0.955. The summed E-state index contributed by atoms with van der Waals surface area (Å²) in [6, 6.07) is 13.9. The van der Waals surface area contributed by atoms with Gasteiger partial charge in [0.15, 0.2) is 5.54 Å². The molecule has 4 amide bonds. The number of benzene rings is 2. The maximum absolute atomic E-state index is 13.1. The van der Waals surface area contributed by atoms with Crippen LogP contribution in [-0.2, 0) is 25.2 Å². The number of urea groups is 1. The van der Waals surface area contributed by atoms with Gasteiger partial charge in [-0.25, -0.2) is 13.2 Å². The van der Waals surface area contributed by atoms with Gasteiger partial charge < -0.3 is 15.1 Å². The van der Waals surface area contributed by atoms with E-state index in [2.05, 4.69) is 10.6 Å². The Hall–Kier alpha value is -3.70. The predicted molar refractivity (Wildman–Crippen MR) is 129 cm³/mol. The van der Waals surface area contributed by atoms with E-state index in [1.165, 1.54) is 35.5 Å². The molecule has 1 aliphatic rings. The number of nitrogens with zero attached hydrogens (tertiary/aromatic N) is 2. The van der Waals surface area contributed by atoms with E-state index in [1.807, 2.05) is 12.1 Å². The highest BCUT2D eigenvalue weighted by molar-refractivity contribution is 7.89. The van der Waals surface area contributed by atoms with Gasteiger partial charge in [-0.1, -0.05) is 32.0 Å². The lowest BCUT2D eigenvalue weighted by molar-refractivity contribution is -0.134. The molecule has 1 aliphatic heterocycles. The number of hydrogen-bond acceptors (Lipinski definition) is 6. The number of rotatable bonds is 8. The molecule has 4 rings (SSSR count). The Morgan fingerprint density at radius 1 is 1.09 bits per heavy atom. The lowest BCUT2D eigenvalue weighted by atomic mass is 9.99. The maximum atomic E-state index is 13.1. The first-order valence-electron chi connectivity index (χ1n) is 11.1. The highest BCUT2D eigenvalue weighted by Gasteiger charge is 2.51. The van der Waals surface area contributed by atoms with Crippen LogP contribution in [0, 0.1) is 0 Å². The number of amides is 4. The lowest BCUT2D eigenvalue weighted by Crippen LogP contribution is -2.41. The number of carbonyl (C=O) groups is 3. The Labute approximate surface area is 202 Å². The fourth-order valence-electron chi connectivity index (χ4n) is 4.00. The molecule has 1 aromatic heterocycles. The van der Waals surface area contributed by atoms with Gasteiger partial charge in [-0.05, 0) is 43.3 Å². The summed E-state index contributed by atoms with van der Waals surface area (Å²) in [5.41, 5.74) is -0.536. The van der Waals surface area contributed by atoms with E-state index in [-0.39, 0.29) is 10.7 Å². The molecule has 0 saturated carbocycles. The van der Waals surface area contributed by atoms with Crippen molar-refractivity contribution in [2.24, 2.45) is 0 Å². The fourth-order valence-corrected chi connectivity index (χ4v) is 5.46. The normalized spacial score (nSPS) is 18.3. The second-order valence-electron chi connectivity index (χ2n) is 8.26.